The lowest BCUT2D eigenvalue weighted by molar-refractivity contribution is -0.118. The molecule has 5 heteroatoms. The second-order valence-electron chi connectivity index (χ2n) is 6.18. The first-order valence-corrected chi connectivity index (χ1v) is 10.4. The van der Waals surface area contributed by atoms with E-state index < -0.39 is 0 Å². The predicted molar refractivity (Wildman–Crippen MR) is 116 cm³/mol. The van der Waals surface area contributed by atoms with E-state index in [0.717, 1.165) is 10.0 Å². The van der Waals surface area contributed by atoms with Gasteiger partial charge in [0.15, 0.2) is 0 Å². The lowest BCUT2D eigenvalue weighted by atomic mass is 10.1. The standard InChI is InChI=1S/C22H17BrN2OS/c23-20-12-6-1-7-15(20)13-24-25-21(26)14-27-22-18-10-4-2-8-16(18)17-9-3-5-11-19(17)22/h1-13,22H,14H2,(H,25,26)/b24-13+. The Morgan fingerprint density at radius 1 is 0.963 bits per heavy atom. The molecule has 1 N–H and O–H groups in total. The minimum atomic E-state index is -0.106. The molecule has 0 fully saturated rings. The highest BCUT2D eigenvalue weighted by Crippen LogP contribution is 2.49. The van der Waals surface area contributed by atoms with E-state index in [1.54, 1.807) is 18.0 Å². The number of carbonyl (C=O) groups is 1. The molecule has 27 heavy (non-hydrogen) atoms. The topological polar surface area (TPSA) is 41.5 Å². The Morgan fingerprint density at radius 3 is 2.22 bits per heavy atom. The number of fused-ring (bicyclic) bond motifs is 3. The van der Waals surface area contributed by atoms with E-state index in [9.17, 15) is 4.79 Å². The summed E-state index contributed by atoms with van der Waals surface area (Å²) in [6, 6.07) is 24.6. The van der Waals surface area contributed by atoms with Crippen molar-refractivity contribution < 1.29 is 4.79 Å². The summed E-state index contributed by atoms with van der Waals surface area (Å²) in [7, 11) is 0. The largest absolute Gasteiger partial charge is 0.272 e. The quantitative estimate of drug-likeness (QED) is 0.429. The maximum absolute atomic E-state index is 12.2. The molecule has 0 aromatic heterocycles. The van der Waals surface area contributed by atoms with Crippen molar-refractivity contribution in [1.29, 1.82) is 0 Å². The maximum atomic E-state index is 12.2. The Labute approximate surface area is 171 Å². The summed E-state index contributed by atoms with van der Waals surface area (Å²) in [5.41, 5.74) is 8.61. The van der Waals surface area contributed by atoms with Gasteiger partial charge in [0.05, 0.1) is 17.2 Å². The zero-order valence-electron chi connectivity index (χ0n) is 14.4. The highest BCUT2D eigenvalue weighted by atomic mass is 79.9. The fourth-order valence-corrected chi connectivity index (χ4v) is 4.77. The Balaban J connectivity index is 1.42. The zero-order valence-corrected chi connectivity index (χ0v) is 16.8. The molecule has 134 valence electrons. The minimum absolute atomic E-state index is 0.106. The number of nitrogens with zero attached hydrogens (tertiary/aromatic N) is 1. The first kappa shape index (κ1) is 18.0. The van der Waals surface area contributed by atoms with E-state index in [1.807, 2.05) is 24.3 Å². The second kappa shape index (κ2) is 8.11. The van der Waals surface area contributed by atoms with Crippen LogP contribution in [0, 0.1) is 0 Å². The first-order valence-electron chi connectivity index (χ1n) is 8.60. The molecule has 0 atom stereocenters. The second-order valence-corrected chi connectivity index (χ2v) is 8.13. The van der Waals surface area contributed by atoms with Crippen molar-refractivity contribution in [3.63, 3.8) is 0 Å². The van der Waals surface area contributed by atoms with Crippen molar-refractivity contribution in [1.82, 2.24) is 5.43 Å². The van der Waals surface area contributed by atoms with Crippen LogP contribution in [0.1, 0.15) is 21.9 Å². The van der Waals surface area contributed by atoms with Gasteiger partial charge < -0.3 is 0 Å². The number of thioether (sulfide) groups is 1. The average molecular weight is 437 g/mol. The van der Waals surface area contributed by atoms with Gasteiger partial charge in [-0.2, -0.15) is 5.10 Å². The van der Waals surface area contributed by atoms with Crippen molar-refractivity contribution in [3.8, 4) is 11.1 Å². The van der Waals surface area contributed by atoms with E-state index in [4.69, 9.17) is 0 Å². The third-order valence-electron chi connectivity index (χ3n) is 4.46. The Hall–Kier alpha value is -2.37. The summed E-state index contributed by atoms with van der Waals surface area (Å²) >= 11 is 5.09. The molecule has 0 aliphatic heterocycles. The number of hydrazone groups is 1. The summed E-state index contributed by atoms with van der Waals surface area (Å²) < 4.78 is 0.941. The van der Waals surface area contributed by atoms with Crippen LogP contribution in [-0.2, 0) is 4.79 Å². The van der Waals surface area contributed by atoms with E-state index in [-0.39, 0.29) is 11.2 Å². The molecule has 0 unspecified atom stereocenters. The third-order valence-corrected chi connectivity index (χ3v) is 6.45. The van der Waals surface area contributed by atoms with Gasteiger partial charge in [-0.1, -0.05) is 82.7 Å². The molecule has 1 aliphatic carbocycles. The SMILES string of the molecule is O=C(CSC1c2ccccc2-c2ccccc21)N/N=C/c1ccccc1Br. The van der Waals surface area contributed by atoms with Crippen molar-refractivity contribution in [2.45, 2.75) is 5.25 Å². The molecule has 3 aromatic rings. The molecule has 0 heterocycles. The van der Waals surface area contributed by atoms with Gasteiger partial charge in [-0.3, -0.25) is 4.79 Å². The van der Waals surface area contributed by atoms with Gasteiger partial charge in [-0.15, -0.1) is 11.8 Å². The summed E-state index contributed by atoms with van der Waals surface area (Å²) in [4.78, 5) is 12.2. The molecule has 3 nitrogen and oxygen atoms in total. The number of benzene rings is 3. The molecule has 0 saturated heterocycles. The van der Waals surface area contributed by atoms with Crippen molar-refractivity contribution in [2.75, 3.05) is 5.75 Å². The maximum Gasteiger partial charge on any atom is 0.250 e. The highest BCUT2D eigenvalue weighted by Gasteiger charge is 2.28. The van der Waals surface area contributed by atoms with Crippen molar-refractivity contribution in [3.05, 3.63) is 94.0 Å². The molecule has 0 spiro atoms. The number of carbonyl (C=O) groups excluding carboxylic acids is 1. The fraction of sp³-hybridized carbons (Fsp3) is 0.0909. The minimum Gasteiger partial charge on any atom is -0.272 e. The van der Waals surface area contributed by atoms with Crippen LogP contribution >= 0.6 is 27.7 Å². The van der Waals surface area contributed by atoms with Crippen LogP contribution in [0.25, 0.3) is 11.1 Å². The molecular formula is C22H17BrN2OS. The number of nitrogens with one attached hydrogen (secondary N) is 1. The van der Waals surface area contributed by atoms with Gasteiger partial charge in [0, 0.05) is 10.0 Å². The smallest absolute Gasteiger partial charge is 0.250 e. The van der Waals surface area contributed by atoms with Crippen LogP contribution in [0.4, 0.5) is 0 Å². The van der Waals surface area contributed by atoms with Crippen molar-refractivity contribution >= 4 is 39.8 Å². The summed E-state index contributed by atoms with van der Waals surface area (Å²) in [5, 5.41) is 4.24. The van der Waals surface area contributed by atoms with Crippen LogP contribution in [0.3, 0.4) is 0 Å². The third kappa shape index (κ3) is 3.84. The van der Waals surface area contributed by atoms with E-state index in [0.29, 0.717) is 5.75 Å². The number of halogens is 1. The van der Waals surface area contributed by atoms with Gasteiger partial charge in [0.25, 0.3) is 0 Å². The molecule has 4 rings (SSSR count). The van der Waals surface area contributed by atoms with Crippen molar-refractivity contribution in [2.24, 2.45) is 5.10 Å². The molecule has 3 aromatic carbocycles. The summed E-state index contributed by atoms with van der Waals surface area (Å²) in [5.74, 6) is 0.242. The van der Waals surface area contributed by atoms with Crippen LogP contribution in [-0.4, -0.2) is 17.9 Å². The normalized spacial score (nSPS) is 12.8. The lowest BCUT2D eigenvalue weighted by Gasteiger charge is -2.12. The number of hydrogen-bond donors (Lipinski definition) is 1. The molecular weight excluding hydrogens is 420 g/mol. The Morgan fingerprint density at radius 2 is 1.56 bits per heavy atom. The van der Waals surface area contributed by atoms with Gasteiger partial charge in [0.2, 0.25) is 5.91 Å². The molecule has 1 aliphatic rings. The molecule has 0 saturated carbocycles. The first-order chi connectivity index (χ1) is 13.2. The fourth-order valence-electron chi connectivity index (χ4n) is 3.23. The zero-order chi connectivity index (χ0) is 18.6. The van der Waals surface area contributed by atoms with Gasteiger partial charge >= 0.3 is 0 Å². The summed E-state index contributed by atoms with van der Waals surface area (Å²) in [6.07, 6.45) is 1.65. The van der Waals surface area contributed by atoms with Crippen LogP contribution in [0.15, 0.2) is 82.4 Å². The Bertz CT molecular complexity index is 973. The van der Waals surface area contributed by atoms with E-state index in [1.165, 1.54) is 22.3 Å². The van der Waals surface area contributed by atoms with Crippen LogP contribution in [0.2, 0.25) is 0 Å². The van der Waals surface area contributed by atoms with Crippen LogP contribution < -0.4 is 5.43 Å². The monoisotopic (exact) mass is 436 g/mol. The molecule has 0 radical (unpaired) electrons. The predicted octanol–water partition coefficient (Wildman–Crippen LogP) is 5.40. The average Bonchev–Trinajstić information content (AvgIpc) is 3.02. The van der Waals surface area contributed by atoms with Crippen LogP contribution in [0.5, 0.6) is 0 Å². The van der Waals surface area contributed by atoms with Gasteiger partial charge in [-0.25, -0.2) is 5.43 Å². The molecule has 1 amide bonds. The highest BCUT2D eigenvalue weighted by molar-refractivity contribution is 9.10. The van der Waals surface area contributed by atoms with Gasteiger partial charge in [-0.05, 0) is 28.3 Å². The lowest BCUT2D eigenvalue weighted by Crippen LogP contribution is -2.20. The van der Waals surface area contributed by atoms with E-state index in [2.05, 4.69) is 75.0 Å². The number of hydrogen-bond acceptors (Lipinski definition) is 3. The van der Waals surface area contributed by atoms with Gasteiger partial charge in [0.1, 0.15) is 0 Å². The molecule has 0 bridgehead atoms. The van der Waals surface area contributed by atoms with E-state index >= 15 is 0 Å². The number of rotatable bonds is 5. The summed E-state index contributed by atoms with van der Waals surface area (Å²) in [6.45, 7) is 0. The number of amides is 1. The Kier molecular flexibility index (Phi) is 5.41.